The summed E-state index contributed by atoms with van der Waals surface area (Å²) in [7, 11) is 0. The molecule has 0 amide bonds. The van der Waals surface area contributed by atoms with Crippen molar-refractivity contribution in [2.75, 3.05) is 0 Å². The van der Waals surface area contributed by atoms with Crippen molar-refractivity contribution in [1.29, 1.82) is 0 Å². The van der Waals surface area contributed by atoms with Gasteiger partial charge in [-0.2, -0.15) is 0 Å². The normalized spacial score (nSPS) is 11.7. The Hall–Kier alpha value is -3.77. The van der Waals surface area contributed by atoms with E-state index in [4.69, 9.17) is 16.6 Å². The summed E-state index contributed by atoms with van der Waals surface area (Å²) in [5.41, 5.74) is 4.79. The third-order valence-electron chi connectivity index (χ3n) is 5.38. The van der Waals surface area contributed by atoms with Crippen LogP contribution >= 0.6 is 11.6 Å². The maximum absolute atomic E-state index is 14.0. The smallest absolute Gasteiger partial charge is 0.159 e. The van der Waals surface area contributed by atoms with Gasteiger partial charge >= 0.3 is 0 Å². The highest BCUT2D eigenvalue weighted by molar-refractivity contribution is 6.31. The second-order valence-corrected chi connectivity index (χ2v) is 7.76. The maximum Gasteiger partial charge on any atom is 0.159 e. The molecule has 3 heterocycles. The molecule has 7 heteroatoms. The number of nitrogens with one attached hydrogen (secondary N) is 2. The standard InChI is InChI=1S/C24H13ClF2N4/c25-13-6-8-19-20(10-13)31-24(30-19)21-11-15-14-3-1-2-4-18(14)28-23(15)22(29-21)12-5-7-16(26)17(27)9-12/h1-11,28H,(H,30,31). The number of H-pyrrole nitrogens is 2. The number of pyridine rings is 1. The van der Waals surface area contributed by atoms with Crippen LogP contribution in [-0.4, -0.2) is 19.9 Å². The summed E-state index contributed by atoms with van der Waals surface area (Å²) >= 11 is 6.10. The van der Waals surface area contributed by atoms with E-state index in [1.807, 2.05) is 36.4 Å². The first-order chi connectivity index (χ1) is 15.1. The lowest BCUT2D eigenvalue weighted by atomic mass is 10.1. The molecule has 150 valence electrons. The Kier molecular flexibility index (Phi) is 3.85. The zero-order valence-corrected chi connectivity index (χ0v) is 16.6. The lowest BCUT2D eigenvalue weighted by Gasteiger charge is -2.07. The van der Waals surface area contributed by atoms with Crippen molar-refractivity contribution < 1.29 is 8.78 Å². The number of nitrogens with zero attached hydrogens (tertiary/aromatic N) is 2. The van der Waals surface area contributed by atoms with E-state index in [-0.39, 0.29) is 0 Å². The van der Waals surface area contributed by atoms with Gasteiger partial charge in [0.2, 0.25) is 0 Å². The molecule has 0 saturated heterocycles. The molecule has 31 heavy (non-hydrogen) atoms. The Morgan fingerprint density at radius 1 is 0.742 bits per heavy atom. The van der Waals surface area contributed by atoms with E-state index < -0.39 is 11.6 Å². The molecule has 0 aliphatic carbocycles. The molecule has 0 fully saturated rings. The average Bonchev–Trinajstić information content (AvgIpc) is 3.36. The molecule has 0 saturated carbocycles. The van der Waals surface area contributed by atoms with E-state index in [0.29, 0.717) is 27.8 Å². The summed E-state index contributed by atoms with van der Waals surface area (Å²) in [6.07, 6.45) is 0. The van der Waals surface area contributed by atoms with Crippen LogP contribution in [0.3, 0.4) is 0 Å². The summed E-state index contributed by atoms with van der Waals surface area (Å²) in [6.45, 7) is 0. The number of imidazole rings is 1. The van der Waals surface area contributed by atoms with Gasteiger partial charge in [0, 0.05) is 26.9 Å². The molecule has 0 aliphatic heterocycles. The zero-order valence-electron chi connectivity index (χ0n) is 15.9. The van der Waals surface area contributed by atoms with Gasteiger partial charge in [0.1, 0.15) is 5.69 Å². The minimum Gasteiger partial charge on any atom is -0.353 e. The Bertz CT molecular complexity index is 1630. The Morgan fingerprint density at radius 3 is 2.48 bits per heavy atom. The molecule has 0 radical (unpaired) electrons. The molecule has 4 nitrogen and oxygen atoms in total. The topological polar surface area (TPSA) is 57.4 Å². The molecule has 6 rings (SSSR count). The number of halogens is 3. The minimum atomic E-state index is -0.924. The molecule has 2 N–H and O–H groups in total. The van der Waals surface area contributed by atoms with Crippen molar-refractivity contribution >= 4 is 44.4 Å². The molecule has 0 atom stereocenters. The van der Waals surface area contributed by atoms with Gasteiger partial charge in [-0.3, -0.25) is 0 Å². The van der Waals surface area contributed by atoms with E-state index in [9.17, 15) is 8.78 Å². The van der Waals surface area contributed by atoms with Crippen LogP contribution in [0.1, 0.15) is 0 Å². The number of fused-ring (bicyclic) bond motifs is 4. The highest BCUT2D eigenvalue weighted by Gasteiger charge is 2.17. The number of aromatic amines is 2. The summed E-state index contributed by atoms with van der Waals surface area (Å²) in [5.74, 6) is -1.26. The lowest BCUT2D eigenvalue weighted by molar-refractivity contribution is 0.509. The Balaban J connectivity index is 1.68. The first-order valence-corrected chi connectivity index (χ1v) is 9.97. The van der Waals surface area contributed by atoms with Gasteiger partial charge in [0.05, 0.1) is 22.2 Å². The van der Waals surface area contributed by atoms with Crippen molar-refractivity contribution in [2.24, 2.45) is 0 Å². The van der Waals surface area contributed by atoms with Gasteiger partial charge in [-0.15, -0.1) is 0 Å². The summed E-state index contributed by atoms with van der Waals surface area (Å²) in [6, 6.07) is 19.0. The molecule has 0 unspecified atom stereocenters. The van der Waals surface area contributed by atoms with Crippen LogP contribution in [-0.2, 0) is 0 Å². The number of aromatic nitrogens is 4. The van der Waals surface area contributed by atoms with Crippen molar-refractivity contribution in [1.82, 2.24) is 19.9 Å². The maximum atomic E-state index is 14.0. The predicted molar refractivity (Wildman–Crippen MR) is 119 cm³/mol. The van der Waals surface area contributed by atoms with Crippen molar-refractivity contribution in [2.45, 2.75) is 0 Å². The van der Waals surface area contributed by atoms with E-state index >= 15 is 0 Å². The van der Waals surface area contributed by atoms with E-state index in [0.717, 1.165) is 45.0 Å². The van der Waals surface area contributed by atoms with E-state index in [2.05, 4.69) is 15.0 Å². The van der Waals surface area contributed by atoms with Crippen LogP contribution in [0.2, 0.25) is 5.02 Å². The van der Waals surface area contributed by atoms with Crippen LogP contribution in [0.25, 0.3) is 55.6 Å². The molecule has 0 bridgehead atoms. The average molecular weight is 431 g/mol. The number of para-hydroxylation sites is 1. The largest absolute Gasteiger partial charge is 0.353 e. The van der Waals surface area contributed by atoms with Crippen molar-refractivity contribution in [3.8, 4) is 22.8 Å². The fraction of sp³-hybridized carbons (Fsp3) is 0. The van der Waals surface area contributed by atoms with Gasteiger partial charge in [0.15, 0.2) is 17.5 Å². The predicted octanol–water partition coefficient (Wildman–Crippen LogP) is 6.86. The van der Waals surface area contributed by atoms with Gasteiger partial charge in [-0.25, -0.2) is 18.7 Å². The fourth-order valence-corrected chi connectivity index (χ4v) is 4.09. The third-order valence-corrected chi connectivity index (χ3v) is 5.61. The van der Waals surface area contributed by atoms with Gasteiger partial charge < -0.3 is 9.97 Å². The lowest BCUT2D eigenvalue weighted by Crippen LogP contribution is -1.93. The second kappa shape index (κ2) is 6.62. The van der Waals surface area contributed by atoms with Crippen LogP contribution < -0.4 is 0 Å². The Morgan fingerprint density at radius 2 is 1.61 bits per heavy atom. The fourth-order valence-electron chi connectivity index (χ4n) is 3.92. The summed E-state index contributed by atoms with van der Waals surface area (Å²) in [4.78, 5) is 16.0. The minimum absolute atomic E-state index is 0.469. The Labute approximate surface area is 179 Å². The molecule has 3 aromatic heterocycles. The van der Waals surface area contributed by atoms with E-state index in [1.165, 1.54) is 6.07 Å². The number of benzene rings is 3. The number of rotatable bonds is 2. The highest BCUT2D eigenvalue weighted by atomic mass is 35.5. The van der Waals surface area contributed by atoms with Crippen LogP contribution in [0.15, 0.2) is 66.7 Å². The third kappa shape index (κ3) is 2.87. The number of hydrogen-bond acceptors (Lipinski definition) is 2. The van der Waals surface area contributed by atoms with Gasteiger partial charge in [-0.05, 0) is 48.5 Å². The quantitative estimate of drug-likeness (QED) is 0.315. The van der Waals surface area contributed by atoms with E-state index in [1.54, 1.807) is 12.1 Å². The van der Waals surface area contributed by atoms with Gasteiger partial charge in [0.25, 0.3) is 0 Å². The van der Waals surface area contributed by atoms with Crippen molar-refractivity contribution in [3.63, 3.8) is 0 Å². The van der Waals surface area contributed by atoms with Gasteiger partial charge in [-0.1, -0.05) is 29.8 Å². The molecule has 0 aliphatic rings. The molecular formula is C24H13ClF2N4. The molecule has 6 aromatic rings. The first-order valence-electron chi connectivity index (χ1n) is 9.59. The monoisotopic (exact) mass is 430 g/mol. The SMILES string of the molecule is Fc1ccc(-c2nc(-c3nc4ccc(Cl)cc4[nH]3)cc3c2[nH]c2ccccc23)cc1F. The second-order valence-electron chi connectivity index (χ2n) is 7.33. The molecule has 3 aromatic carbocycles. The summed E-state index contributed by atoms with van der Waals surface area (Å²) in [5, 5.41) is 2.52. The van der Waals surface area contributed by atoms with Crippen LogP contribution in [0.5, 0.6) is 0 Å². The molecule has 0 spiro atoms. The highest BCUT2D eigenvalue weighted by Crippen LogP contribution is 2.35. The van der Waals surface area contributed by atoms with Crippen LogP contribution in [0, 0.1) is 11.6 Å². The zero-order chi connectivity index (χ0) is 21.1. The number of hydrogen-bond donors (Lipinski definition) is 2. The van der Waals surface area contributed by atoms with Crippen molar-refractivity contribution in [3.05, 3.63) is 83.4 Å². The summed E-state index contributed by atoms with van der Waals surface area (Å²) < 4.78 is 27.6. The first kappa shape index (κ1) is 18.0. The van der Waals surface area contributed by atoms with Crippen LogP contribution in [0.4, 0.5) is 8.78 Å². The molecular weight excluding hydrogens is 418 g/mol.